The SMILES string of the molecule is Cc1ccn(-c2ccccc2NC(=O)c2cnn(-c3ccccc3F)c2C)n1. The van der Waals surface area contributed by atoms with Gasteiger partial charge < -0.3 is 5.32 Å². The van der Waals surface area contributed by atoms with E-state index in [-0.39, 0.29) is 5.91 Å². The number of anilines is 1. The number of nitrogens with one attached hydrogen (secondary N) is 1. The number of aromatic nitrogens is 4. The van der Waals surface area contributed by atoms with Crippen LogP contribution in [0.3, 0.4) is 0 Å². The molecular weight excluding hydrogens is 357 g/mol. The number of rotatable bonds is 4. The molecule has 0 radical (unpaired) electrons. The van der Waals surface area contributed by atoms with Gasteiger partial charge in [0.2, 0.25) is 0 Å². The van der Waals surface area contributed by atoms with Crippen LogP contribution in [0.1, 0.15) is 21.7 Å². The van der Waals surface area contributed by atoms with Crippen LogP contribution in [0, 0.1) is 19.7 Å². The van der Waals surface area contributed by atoms with Gasteiger partial charge in [0.25, 0.3) is 5.91 Å². The summed E-state index contributed by atoms with van der Waals surface area (Å²) in [5.41, 5.74) is 3.47. The molecule has 0 saturated carbocycles. The van der Waals surface area contributed by atoms with Crippen LogP contribution < -0.4 is 5.32 Å². The van der Waals surface area contributed by atoms with E-state index in [4.69, 9.17) is 0 Å². The van der Waals surface area contributed by atoms with Gasteiger partial charge in [-0.3, -0.25) is 4.79 Å². The molecule has 0 aliphatic heterocycles. The zero-order valence-electron chi connectivity index (χ0n) is 15.4. The Balaban J connectivity index is 1.65. The third kappa shape index (κ3) is 3.18. The van der Waals surface area contributed by atoms with E-state index < -0.39 is 5.82 Å². The lowest BCUT2D eigenvalue weighted by Crippen LogP contribution is -2.15. The molecule has 6 nitrogen and oxygen atoms in total. The van der Waals surface area contributed by atoms with E-state index in [2.05, 4.69) is 15.5 Å². The van der Waals surface area contributed by atoms with Crippen molar-refractivity contribution >= 4 is 11.6 Å². The second kappa shape index (κ2) is 7.11. The summed E-state index contributed by atoms with van der Waals surface area (Å²) in [6.07, 6.45) is 3.28. The second-order valence-electron chi connectivity index (χ2n) is 6.38. The number of carbonyl (C=O) groups is 1. The lowest BCUT2D eigenvalue weighted by atomic mass is 10.2. The first-order chi connectivity index (χ1) is 13.5. The first kappa shape index (κ1) is 17.7. The first-order valence-electron chi connectivity index (χ1n) is 8.77. The molecule has 0 aliphatic carbocycles. The first-order valence-corrected chi connectivity index (χ1v) is 8.77. The molecule has 140 valence electrons. The number of halogens is 1. The van der Waals surface area contributed by atoms with Gasteiger partial charge in [-0.15, -0.1) is 0 Å². The minimum absolute atomic E-state index is 0.298. The summed E-state index contributed by atoms with van der Waals surface area (Å²) in [7, 11) is 0. The van der Waals surface area contributed by atoms with Crippen LogP contribution in [0.4, 0.5) is 10.1 Å². The van der Waals surface area contributed by atoms with Crippen molar-refractivity contribution in [2.24, 2.45) is 0 Å². The highest BCUT2D eigenvalue weighted by atomic mass is 19.1. The lowest BCUT2D eigenvalue weighted by Gasteiger charge is -2.11. The molecule has 0 aliphatic rings. The normalized spacial score (nSPS) is 10.8. The predicted molar refractivity (Wildman–Crippen MR) is 105 cm³/mol. The number of hydrogen-bond acceptors (Lipinski definition) is 3. The van der Waals surface area contributed by atoms with Crippen molar-refractivity contribution in [3.8, 4) is 11.4 Å². The number of aryl methyl sites for hydroxylation is 1. The predicted octanol–water partition coefficient (Wildman–Crippen LogP) is 4.07. The lowest BCUT2D eigenvalue weighted by molar-refractivity contribution is 0.102. The molecule has 7 heteroatoms. The van der Waals surface area contributed by atoms with E-state index in [0.717, 1.165) is 11.4 Å². The van der Waals surface area contributed by atoms with Crippen LogP contribution in [-0.2, 0) is 0 Å². The molecule has 2 aromatic heterocycles. The maximum Gasteiger partial charge on any atom is 0.259 e. The Labute approximate surface area is 161 Å². The molecule has 0 atom stereocenters. The summed E-state index contributed by atoms with van der Waals surface area (Å²) in [6, 6.07) is 15.6. The third-order valence-corrected chi connectivity index (χ3v) is 4.46. The fourth-order valence-electron chi connectivity index (χ4n) is 3.02. The molecule has 0 unspecified atom stereocenters. The highest BCUT2D eigenvalue weighted by Crippen LogP contribution is 2.22. The van der Waals surface area contributed by atoms with Gasteiger partial charge >= 0.3 is 0 Å². The van der Waals surface area contributed by atoms with E-state index in [9.17, 15) is 9.18 Å². The number of para-hydroxylation sites is 3. The summed E-state index contributed by atoms with van der Waals surface area (Å²) in [6.45, 7) is 3.63. The van der Waals surface area contributed by atoms with Crippen molar-refractivity contribution in [1.82, 2.24) is 19.6 Å². The Kier molecular flexibility index (Phi) is 4.49. The fourth-order valence-corrected chi connectivity index (χ4v) is 3.02. The van der Waals surface area contributed by atoms with Gasteiger partial charge in [0.15, 0.2) is 0 Å². The summed E-state index contributed by atoms with van der Waals surface area (Å²) in [4.78, 5) is 12.9. The van der Waals surface area contributed by atoms with Gasteiger partial charge in [-0.1, -0.05) is 24.3 Å². The molecule has 1 N–H and O–H groups in total. The minimum atomic E-state index is -0.403. The van der Waals surface area contributed by atoms with Crippen LogP contribution in [0.25, 0.3) is 11.4 Å². The van der Waals surface area contributed by atoms with Crippen LogP contribution in [0.5, 0.6) is 0 Å². The molecule has 2 heterocycles. The molecule has 0 spiro atoms. The van der Waals surface area contributed by atoms with E-state index in [1.165, 1.54) is 16.9 Å². The standard InChI is InChI=1S/C21H18FN5O/c1-14-11-12-26(25-14)20-10-6-4-8-18(20)24-21(28)16-13-23-27(15(16)2)19-9-5-3-7-17(19)22/h3-13H,1-2H3,(H,24,28). The molecule has 28 heavy (non-hydrogen) atoms. The number of amides is 1. The van der Waals surface area contributed by atoms with Gasteiger partial charge in [-0.25, -0.2) is 13.8 Å². The Hall–Kier alpha value is -3.74. The summed E-state index contributed by atoms with van der Waals surface area (Å²) >= 11 is 0. The number of benzene rings is 2. The highest BCUT2D eigenvalue weighted by molar-refractivity contribution is 6.06. The average Bonchev–Trinajstić information content (AvgIpc) is 3.28. The van der Waals surface area contributed by atoms with E-state index in [1.54, 1.807) is 35.9 Å². The van der Waals surface area contributed by atoms with Crippen LogP contribution >= 0.6 is 0 Å². The van der Waals surface area contributed by atoms with Crippen molar-refractivity contribution in [3.63, 3.8) is 0 Å². The number of carbonyl (C=O) groups excluding carboxylic acids is 1. The Morgan fingerprint density at radius 1 is 1.00 bits per heavy atom. The largest absolute Gasteiger partial charge is 0.320 e. The van der Waals surface area contributed by atoms with Crippen molar-refractivity contribution in [2.45, 2.75) is 13.8 Å². The molecule has 0 bridgehead atoms. The monoisotopic (exact) mass is 375 g/mol. The molecular formula is C21H18FN5O. The molecule has 2 aromatic carbocycles. The van der Waals surface area contributed by atoms with E-state index >= 15 is 0 Å². The van der Waals surface area contributed by atoms with Crippen molar-refractivity contribution in [3.05, 3.63) is 89.8 Å². The van der Waals surface area contributed by atoms with Crippen molar-refractivity contribution in [2.75, 3.05) is 5.32 Å². The number of nitrogens with zero attached hydrogens (tertiary/aromatic N) is 4. The topological polar surface area (TPSA) is 64.7 Å². The van der Waals surface area contributed by atoms with Gasteiger partial charge in [-0.2, -0.15) is 10.2 Å². The van der Waals surface area contributed by atoms with Gasteiger partial charge in [0, 0.05) is 6.20 Å². The summed E-state index contributed by atoms with van der Waals surface area (Å²) in [5.74, 6) is -0.725. The maximum absolute atomic E-state index is 14.1. The smallest absolute Gasteiger partial charge is 0.259 e. The Morgan fingerprint density at radius 2 is 1.71 bits per heavy atom. The van der Waals surface area contributed by atoms with Gasteiger partial charge in [-0.05, 0) is 44.2 Å². The fraction of sp³-hybridized carbons (Fsp3) is 0.0952. The Morgan fingerprint density at radius 3 is 2.43 bits per heavy atom. The van der Waals surface area contributed by atoms with Gasteiger partial charge in [0.1, 0.15) is 11.5 Å². The zero-order valence-corrected chi connectivity index (χ0v) is 15.4. The zero-order chi connectivity index (χ0) is 19.7. The average molecular weight is 375 g/mol. The summed E-state index contributed by atoms with van der Waals surface area (Å²) in [5, 5.41) is 11.5. The van der Waals surface area contributed by atoms with Crippen molar-refractivity contribution < 1.29 is 9.18 Å². The maximum atomic E-state index is 14.1. The van der Waals surface area contributed by atoms with Crippen LogP contribution in [-0.4, -0.2) is 25.5 Å². The van der Waals surface area contributed by atoms with E-state index in [1.807, 2.05) is 37.4 Å². The van der Waals surface area contributed by atoms with Gasteiger partial charge in [0.05, 0.1) is 34.5 Å². The Bertz CT molecular complexity index is 1160. The van der Waals surface area contributed by atoms with Crippen LogP contribution in [0.2, 0.25) is 0 Å². The second-order valence-corrected chi connectivity index (χ2v) is 6.38. The third-order valence-electron chi connectivity index (χ3n) is 4.46. The molecule has 1 amide bonds. The highest BCUT2D eigenvalue weighted by Gasteiger charge is 2.18. The van der Waals surface area contributed by atoms with E-state index in [0.29, 0.717) is 22.6 Å². The quantitative estimate of drug-likeness (QED) is 0.585. The minimum Gasteiger partial charge on any atom is -0.320 e. The molecule has 4 aromatic rings. The van der Waals surface area contributed by atoms with Crippen LogP contribution in [0.15, 0.2) is 67.0 Å². The molecule has 4 rings (SSSR count). The number of hydrogen-bond donors (Lipinski definition) is 1. The molecule has 0 saturated heterocycles. The summed E-state index contributed by atoms with van der Waals surface area (Å²) < 4.78 is 17.2. The van der Waals surface area contributed by atoms with Crippen molar-refractivity contribution in [1.29, 1.82) is 0 Å². The molecule has 0 fully saturated rings.